The van der Waals surface area contributed by atoms with Crippen molar-refractivity contribution < 1.29 is 0 Å². The van der Waals surface area contributed by atoms with Crippen molar-refractivity contribution in [1.82, 2.24) is 0 Å². The maximum Gasteiger partial charge on any atom is 0.0560 e. The Balaban J connectivity index is 2.00. The van der Waals surface area contributed by atoms with Gasteiger partial charge in [0.15, 0.2) is 0 Å². The molecule has 0 N–H and O–H groups in total. The van der Waals surface area contributed by atoms with E-state index in [2.05, 4.69) is 91.7 Å². The summed E-state index contributed by atoms with van der Waals surface area (Å²) < 4.78 is 0. The van der Waals surface area contributed by atoms with Gasteiger partial charge in [0.25, 0.3) is 0 Å². The molecular weight excluding hydrogens is 290 g/mol. The number of rotatable bonds is 5. The Bertz CT molecular complexity index is 724. The summed E-state index contributed by atoms with van der Waals surface area (Å²) in [7, 11) is 0. The Morgan fingerprint density at radius 2 is 1.38 bits per heavy atom. The van der Waals surface area contributed by atoms with Gasteiger partial charge in [-0.3, -0.25) is 0 Å². The van der Waals surface area contributed by atoms with Crippen LogP contribution in [0, 0.1) is 0 Å². The fourth-order valence-corrected chi connectivity index (χ4v) is 2.98. The molecule has 24 heavy (non-hydrogen) atoms. The van der Waals surface area contributed by atoms with E-state index in [0.29, 0.717) is 6.04 Å². The molecule has 0 saturated carbocycles. The normalized spacial score (nSPS) is 16.4. The Morgan fingerprint density at radius 3 is 1.75 bits per heavy atom. The van der Waals surface area contributed by atoms with Gasteiger partial charge in [0, 0.05) is 11.4 Å². The van der Waals surface area contributed by atoms with Crippen LogP contribution in [0.4, 0.5) is 11.4 Å². The molecule has 2 aromatic rings. The molecule has 0 aromatic heterocycles. The smallest absolute Gasteiger partial charge is 0.0560 e. The van der Waals surface area contributed by atoms with Gasteiger partial charge in [0.1, 0.15) is 0 Å². The van der Waals surface area contributed by atoms with Crippen LogP contribution < -0.4 is 4.90 Å². The van der Waals surface area contributed by atoms with Crippen molar-refractivity contribution in [3.8, 4) is 0 Å². The molecular formula is C23H23N. The molecule has 1 atom stereocenters. The summed E-state index contributed by atoms with van der Waals surface area (Å²) in [6, 6.07) is 17.4. The number of nitrogens with zero attached hydrogens (tertiary/aromatic N) is 1. The van der Waals surface area contributed by atoms with Crippen molar-refractivity contribution in [2.45, 2.75) is 19.4 Å². The van der Waals surface area contributed by atoms with E-state index < -0.39 is 0 Å². The molecule has 0 radical (unpaired) electrons. The summed E-state index contributed by atoms with van der Waals surface area (Å²) in [6.07, 6.45) is 11.6. The van der Waals surface area contributed by atoms with Crippen LogP contribution in [0.1, 0.15) is 24.5 Å². The van der Waals surface area contributed by atoms with E-state index in [1.165, 1.54) is 16.9 Å². The van der Waals surface area contributed by atoms with Crippen molar-refractivity contribution in [2.75, 3.05) is 4.90 Å². The monoisotopic (exact) mass is 313 g/mol. The molecule has 0 spiro atoms. The minimum atomic E-state index is 0.317. The van der Waals surface area contributed by atoms with Crippen LogP contribution in [0.2, 0.25) is 0 Å². The van der Waals surface area contributed by atoms with Crippen LogP contribution in [-0.4, -0.2) is 6.04 Å². The highest BCUT2D eigenvalue weighted by Gasteiger charge is 2.19. The van der Waals surface area contributed by atoms with E-state index in [9.17, 15) is 0 Å². The van der Waals surface area contributed by atoms with Crippen LogP contribution >= 0.6 is 0 Å². The van der Waals surface area contributed by atoms with E-state index in [-0.39, 0.29) is 0 Å². The predicted molar refractivity (Wildman–Crippen MR) is 107 cm³/mol. The van der Waals surface area contributed by atoms with Crippen LogP contribution in [0.5, 0.6) is 0 Å². The first-order valence-corrected chi connectivity index (χ1v) is 8.30. The summed E-state index contributed by atoms with van der Waals surface area (Å²) >= 11 is 0. The average Bonchev–Trinajstić information content (AvgIpc) is 2.64. The molecule has 120 valence electrons. The highest BCUT2D eigenvalue weighted by molar-refractivity contribution is 5.68. The molecule has 2 aromatic carbocycles. The first-order chi connectivity index (χ1) is 11.7. The van der Waals surface area contributed by atoms with Crippen molar-refractivity contribution in [3.63, 3.8) is 0 Å². The minimum Gasteiger partial charge on any atom is -0.334 e. The molecule has 0 amide bonds. The van der Waals surface area contributed by atoms with Gasteiger partial charge in [-0.25, -0.2) is 0 Å². The average molecular weight is 313 g/mol. The van der Waals surface area contributed by atoms with Crippen LogP contribution in [0.25, 0.3) is 12.2 Å². The van der Waals surface area contributed by atoms with Crippen molar-refractivity contribution in [3.05, 3.63) is 96.6 Å². The first-order valence-electron chi connectivity index (χ1n) is 8.30. The standard InChI is InChI=1S/C23H23N/c1-4-19-8-14-22(15-9-19)24(21-12-6-18(3)7-13-21)23-16-10-20(5-2)11-17-23/h4-12,14-17,21H,1-2,13H2,3H3. The van der Waals surface area contributed by atoms with Gasteiger partial charge in [-0.05, 0) is 48.7 Å². The van der Waals surface area contributed by atoms with E-state index >= 15 is 0 Å². The second-order valence-electron chi connectivity index (χ2n) is 6.07. The third kappa shape index (κ3) is 3.41. The molecule has 0 bridgehead atoms. The highest BCUT2D eigenvalue weighted by Crippen LogP contribution is 2.32. The Labute approximate surface area is 144 Å². The first kappa shape index (κ1) is 16.1. The highest BCUT2D eigenvalue weighted by atomic mass is 15.2. The van der Waals surface area contributed by atoms with Crippen LogP contribution in [0.15, 0.2) is 85.5 Å². The quantitative estimate of drug-likeness (QED) is 0.618. The molecule has 1 heteroatoms. The molecule has 1 nitrogen and oxygen atoms in total. The lowest BCUT2D eigenvalue weighted by Gasteiger charge is -2.33. The molecule has 1 aliphatic rings. The summed E-state index contributed by atoms with van der Waals surface area (Å²) in [5.74, 6) is 0. The molecule has 3 rings (SSSR count). The second kappa shape index (κ2) is 7.18. The topological polar surface area (TPSA) is 3.24 Å². The van der Waals surface area contributed by atoms with Gasteiger partial charge >= 0.3 is 0 Å². The predicted octanol–water partition coefficient (Wildman–Crippen LogP) is 6.39. The summed E-state index contributed by atoms with van der Waals surface area (Å²) in [5, 5.41) is 0. The summed E-state index contributed by atoms with van der Waals surface area (Å²) in [6.45, 7) is 9.83. The fraction of sp³-hybridized carbons (Fsp3) is 0.130. The maximum absolute atomic E-state index is 3.84. The van der Waals surface area contributed by atoms with Gasteiger partial charge in [0.05, 0.1) is 6.04 Å². The third-order valence-electron chi connectivity index (χ3n) is 4.41. The largest absolute Gasteiger partial charge is 0.334 e. The van der Waals surface area contributed by atoms with E-state index in [1.807, 2.05) is 12.2 Å². The van der Waals surface area contributed by atoms with E-state index in [0.717, 1.165) is 17.5 Å². The van der Waals surface area contributed by atoms with Gasteiger partial charge in [-0.1, -0.05) is 73.4 Å². The fourth-order valence-electron chi connectivity index (χ4n) is 2.98. The molecule has 0 fully saturated rings. The van der Waals surface area contributed by atoms with Gasteiger partial charge in [-0.15, -0.1) is 0 Å². The van der Waals surface area contributed by atoms with Gasteiger partial charge < -0.3 is 4.90 Å². The molecule has 0 heterocycles. The molecule has 0 aliphatic heterocycles. The van der Waals surface area contributed by atoms with E-state index in [4.69, 9.17) is 0 Å². The van der Waals surface area contributed by atoms with E-state index in [1.54, 1.807) is 0 Å². The number of hydrogen-bond donors (Lipinski definition) is 0. The maximum atomic E-state index is 3.84. The van der Waals surface area contributed by atoms with Crippen LogP contribution in [-0.2, 0) is 0 Å². The summed E-state index contributed by atoms with van der Waals surface area (Å²) in [4.78, 5) is 2.39. The lowest BCUT2D eigenvalue weighted by atomic mass is 10.0. The van der Waals surface area contributed by atoms with Crippen LogP contribution in [0.3, 0.4) is 0 Å². The molecule has 1 aliphatic carbocycles. The molecule has 1 unspecified atom stereocenters. The zero-order valence-electron chi connectivity index (χ0n) is 14.2. The zero-order chi connectivity index (χ0) is 16.9. The number of anilines is 2. The van der Waals surface area contributed by atoms with Gasteiger partial charge in [0.2, 0.25) is 0 Å². The zero-order valence-corrected chi connectivity index (χ0v) is 14.2. The lowest BCUT2D eigenvalue weighted by Crippen LogP contribution is -2.30. The Kier molecular flexibility index (Phi) is 4.81. The summed E-state index contributed by atoms with van der Waals surface area (Å²) in [5.41, 5.74) is 5.98. The second-order valence-corrected chi connectivity index (χ2v) is 6.07. The Hall–Kier alpha value is -2.80. The van der Waals surface area contributed by atoms with Gasteiger partial charge in [-0.2, -0.15) is 0 Å². The van der Waals surface area contributed by atoms with Crippen molar-refractivity contribution >= 4 is 23.5 Å². The lowest BCUT2D eigenvalue weighted by molar-refractivity contribution is 0.779. The third-order valence-corrected chi connectivity index (χ3v) is 4.41. The number of allylic oxidation sites excluding steroid dienone is 2. The SMILES string of the molecule is C=Cc1ccc(N(c2ccc(C=C)cc2)C2C=CC(C)=CC2)cc1. The number of hydrogen-bond acceptors (Lipinski definition) is 1. The van der Waals surface area contributed by atoms with Crippen molar-refractivity contribution in [1.29, 1.82) is 0 Å². The number of benzene rings is 2. The molecule has 0 saturated heterocycles. The van der Waals surface area contributed by atoms with Crippen molar-refractivity contribution in [2.24, 2.45) is 0 Å². The minimum absolute atomic E-state index is 0.317. The Morgan fingerprint density at radius 1 is 0.875 bits per heavy atom.